The third kappa shape index (κ3) is 4.12. The normalized spacial score (nSPS) is 23.4. The van der Waals surface area contributed by atoms with Gasteiger partial charge in [-0.3, -0.25) is 4.79 Å². The lowest BCUT2D eigenvalue weighted by molar-refractivity contribution is -0.127. The number of aliphatic hydroxyl groups is 1. The predicted octanol–water partition coefficient (Wildman–Crippen LogP) is 2.38. The lowest BCUT2D eigenvalue weighted by atomic mass is 10.1. The predicted molar refractivity (Wildman–Crippen MR) is 77.9 cm³/mol. The first-order chi connectivity index (χ1) is 9.56. The van der Waals surface area contributed by atoms with Crippen LogP contribution in [0.15, 0.2) is 24.3 Å². The van der Waals surface area contributed by atoms with Crippen LogP contribution < -0.4 is 10.1 Å². The van der Waals surface area contributed by atoms with Crippen molar-refractivity contribution in [2.75, 3.05) is 6.54 Å². The van der Waals surface area contributed by atoms with Crippen LogP contribution in [0.3, 0.4) is 0 Å². The highest BCUT2D eigenvalue weighted by Gasteiger charge is 2.26. The van der Waals surface area contributed by atoms with Gasteiger partial charge in [0.1, 0.15) is 5.75 Å². The van der Waals surface area contributed by atoms with E-state index < -0.39 is 6.10 Å². The van der Waals surface area contributed by atoms with Crippen molar-refractivity contribution >= 4 is 17.5 Å². The molecule has 3 unspecified atom stereocenters. The van der Waals surface area contributed by atoms with E-state index in [0.29, 0.717) is 17.3 Å². The summed E-state index contributed by atoms with van der Waals surface area (Å²) in [6.45, 7) is 2.21. The Morgan fingerprint density at radius 1 is 1.45 bits per heavy atom. The molecule has 1 aromatic rings. The monoisotopic (exact) mass is 297 g/mol. The van der Waals surface area contributed by atoms with E-state index in [-0.39, 0.29) is 17.9 Å². The van der Waals surface area contributed by atoms with Crippen molar-refractivity contribution in [1.82, 2.24) is 5.32 Å². The molecule has 0 radical (unpaired) electrons. The molecule has 20 heavy (non-hydrogen) atoms. The molecule has 1 aliphatic rings. The number of aliphatic hydroxyl groups excluding tert-OH is 1. The molecule has 5 heteroatoms. The molecule has 4 nitrogen and oxygen atoms in total. The third-order valence-corrected chi connectivity index (χ3v) is 3.91. The Morgan fingerprint density at radius 2 is 2.15 bits per heavy atom. The Hall–Kier alpha value is -1.26. The van der Waals surface area contributed by atoms with E-state index in [2.05, 4.69) is 5.32 Å². The number of benzene rings is 1. The smallest absolute Gasteiger partial charge is 0.260 e. The van der Waals surface area contributed by atoms with Gasteiger partial charge in [0.25, 0.3) is 5.91 Å². The van der Waals surface area contributed by atoms with E-state index in [9.17, 15) is 9.90 Å². The van der Waals surface area contributed by atoms with Gasteiger partial charge in [0.05, 0.1) is 6.10 Å². The van der Waals surface area contributed by atoms with Crippen LogP contribution in [0.2, 0.25) is 5.02 Å². The summed E-state index contributed by atoms with van der Waals surface area (Å²) in [5.74, 6) is 0.610. The first-order valence-corrected chi connectivity index (χ1v) is 7.32. The Morgan fingerprint density at radius 3 is 2.75 bits per heavy atom. The number of rotatable bonds is 5. The molecule has 0 saturated heterocycles. The molecule has 1 aromatic carbocycles. The summed E-state index contributed by atoms with van der Waals surface area (Å²) >= 11 is 5.79. The number of ether oxygens (including phenoxy) is 1. The second-order valence-electron chi connectivity index (χ2n) is 5.22. The van der Waals surface area contributed by atoms with Crippen LogP contribution in [-0.2, 0) is 4.79 Å². The van der Waals surface area contributed by atoms with Gasteiger partial charge in [0, 0.05) is 17.5 Å². The Bertz CT molecular complexity index is 449. The molecule has 1 saturated carbocycles. The summed E-state index contributed by atoms with van der Waals surface area (Å²) in [6, 6.07) is 6.90. The largest absolute Gasteiger partial charge is 0.481 e. The van der Waals surface area contributed by atoms with Crippen LogP contribution in [0.25, 0.3) is 0 Å². The van der Waals surface area contributed by atoms with Crippen molar-refractivity contribution in [3.05, 3.63) is 29.3 Å². The number of carbonyl (C=O) groups is 1. The first kappa shape index (κ1) is 15.1. The lowest BCUT2D eigenvalue weighted by Gasteiger charge is -2.18. The molecule has 1 aliphatic carbocycles. The minimum Gasteiger partial charge on any atom is -0.481 e. The topological polar surface area (TPSA) is 58.6 Å². The fraction of sp³-hybridized carbons (Fsp3) is 0.533. The second kappa shape index (κ2) is 6.95. The Labute approximate surface area is 124 Å². The minimum absolute atomic E-state index is 0.168. The molecular formula is C15H20ClNO3. The van der Waals surface area contributed by atoms with Crippen LogP contribution in [-0.4, -0.2) is 29.8 Å². The van der Waals surface area contributed by atoms with E-state index in [0.717, 1.165) is 19.3 Å². The summed E-state index contributed by atoms with van der Waals surface area (Å²) in [7, 11) is 0. The fourth-order valence-electron chi connectivity index (χ4n) is 2.40. The standard InChI is InChI=1S/C15H20ClNO3/c1-10(20-13-7-5-12(16)6-8-13)15(19)17-9-11-3-2-4-14(11)18/h5-8,10-11,14,18H,2-4,9H2,1H3,(H,17,19). The van der Waals surface area contributed by atoms with Gasteiger partial charge >= 0.3 is 0 Å². The van der Waals surface area contributed by atoms with Gasteiger partial charge in [-0.15, -0.1) is 0 Å². The quantitative estimate of drug-likeness (QED) is 0.877. The molecular weight excluding hydrogens is 278 g/mol. The molecule has 3 atom stereocenters. The van der Waals surface area contributed by atoms with E-state index in [1.807, 2.05) is 0 Å². The molecule has 110 valence electrons. The van der Waals surface area contributed by atoms with Crippen LogP contribution in [0.1, 0.15) is 26.2 Å². The molecule has 1 fully saturated rings. The van der Waals surface area contributed by atoms with E-state index in [1.165, 1.54) is 0 Å². The maximum atomic E-state index is 11.9. The zero-order valence-corrected chi connectivity index (χ0v) is 12.3. The van der Waals surface area contributed by atoms with Crippen molar-refractivity contribution in [3.8, 4) is 5.75 Å². The fourth-order valence-corrected chi connectivity index (χ4v) is 2.53. The van der Waals surface area contributed by atoms with Gasteiger partial charge in [-0.2, -0.15) is 0 Å². The number of hydrogen-bond donors (Lipinski definition) is 2. The second-order valence-corrected chi connectivity index (χ2v) is 5.65. The molecule has 1 amide bonds. The maximum absolute atomic E-state index is 11.9. The first-order valence-electron chi connectivity index (χ1n) is 6.94. The van der Waals surface area contributed by atoms with Crippen LogP contribution >= 0.6 is 11.6 Å². The summed E-state index contributed by atoms with van der Waals surface area (Å²) < 4.78 is 5.54. The summed E-state index contributed by atoms with van der Waals surface area (Å²) in [5.41, 5.74) is 0. The summed E-state index contributed by atoms with van der Waals surface area (Å²) in [4.78, 5) is 11.9. The zero-order valence-electron chi connectivity index (χ0n) is 11.5. The molecule has 0 spiro atoms. The third-order valence-electron chi connectivity index (χ3n) is 3.65. The van der Waals surface area contributed by atoms with Crippen LogP contribution in [0, 0.1) is 5.92 Å². The maximum Gasteiger partial charge on any atom is 0.260 e. The van der Waals surface area contributed by atoms with E-state index >= 15 is 0 Å². The molecule has 0 heterocycles. The van der Waals surface area contributed by atoms with Gasteiger partial charge in [-0.25, -0.2) is 0 Å². The molecule has 2 N–H and O–H groups in total. The summed E-state index contributed by atoms with van der Waals surface area (Å²) in [6.07, 6.45) is 1.96. The highest BCUT2D eigenvalue weighted by molar-refractivity contribution is 6.30. The van der Waals surface area contributed by atoms with Crippen molar-refractivity contribution in [2.45, 2.75) is 38.4 Å². The molecule has 2 rings (SSSR count). The molecule has 0 bridgehead atoms. The number of nitrogens with one attached hydrogen (secondary N) is 1. The van der Waals surface area contributed by atoms with Crippen LogP contribution in [0.4, 0.5) is 0 Å². The van der Waals surface area contributed by atoms with Gasteiger partial charge in [-0.05, 0) is 44.0 Å². The lowest BCUT2D eigenvalue weighted by Crippen LogP contribution is -2.40. The van der Waals surface area contributed by atoms with Gasteiger partial charge in [0.2, 0.25) is 0 Å². The summed E-state index contributed by atoms with van der Waals surface area (Å²) in [5, 5.41) is 13.2. The zero-order chi connectivity index (χ0) is 14.5. The van der Waals surface area contributed by atoms with Crippen molar-refractivity contribution < 1.29 is 14.6 Å². The highest BCUT2D eigenvalue weighted by atomic mass is 35.5. The Balaban J connectivity index is 1.78. The molecule has 0 aromatic heterocycles. The van der Waals surface area contributed by atoms with Crippen molar-refractivity contribution in [2.24, 2.45) is 5.92 Å². The SMILES string of the molecule is CC(Oc1ccc(Cl)cc1)C(=O)NCC1CCCC1O. The van der Waals surface area contributed by atoms with Gasteiger partial charge in [0.15, 0.2) is 6.10 Å². The van der Waals surface area contributed by atoms with E-state index in [4.69, 9.17) is 16.3 Å². The number of halogens is 1. The highest BCUT2D eigenvalue weighted by Crippen LogP contribution is 2.24. The average Bonchev–Trinajstić information content (AvgIpc) is 2.84. The van der Waals surface area contributed by atoms with Crippen LogP contribution in [0.5, 0.6) is 5.75 Å². The number of carbonyl (C=O) groups excluding carboxylic acids is 1. The number of hydrogen-bond acceptors (Lipinski definition) is 3. The van der Waals surface area contributed by atoms with Crippen molar-refractivity contribution in [1.29, 1.82) is 0 Å². The number of amides is 1. The van der Waals surface area contributed by atoms with Gasteiger partial charge in [-0.1, -0.05) is 18.0 Å². The molecule has 0 aliphatic heterocycles. The van der Waals surface area contributed by atoms with Crippen molar-refractivity contribution in [3.63, 3.8) is 0 Å². The van der Waals surface area contributed by atoms with E-state index in [1.54, 1.807) is 31.2 Å². The minimum atomic E-state index is -0.574. The average molecular weight is 298 g/mol. The van der Waals surface area contributed by atoms with Gasteiger partial charge < -0.3 is 15.2 Å². The Kier molecular flexibility index (Phi) is 5.26.